The van der Waals surface area contributed by atoms with Crippen LogP contribution in [0.25, 0.3) is 0 Å². The van der Waals surface area contributed by atoms with Crippen LogP contribution in [0.1, 0.15) is 0 Å². The van der Waals surface area contributed by atoms with Crippen molar-refractivity contribution in [1.82, 2.24) is 5.32 Å². The maximum Gasteiger partial charge on any atom is 0.148 e. The lowest BCUT2D eigenvalue weighted by Gasteiger charge is -2.07. The van der Waals surface area contributed by atoms with Crippen molar-refractivity contribution in [3.05, 3.63) is 24.3 Å². The molecule has 0 spiro atoms. The molecule has 0 aliphatic carbocycles. The van der Waals surface area contributed by atoms with Crippen LogP contribution in [0.15, 0.2) is 24.3 Å². The SMILES string of the molecule is COc1ccc(OCCNCCS(C)(=O)=O)cc1. The maximum absolute atomic E-state index is 10.9. The minimum Gasteiger partial charge on any atom is -0.497 e. The van der Waals surface area contributed by atoms with E-state index in [4.69, 9.17) is 9.47 Å². The van der Waals surface area contributed by atoms with Crippen molar-refractivity contribution in [2.24, 2.45) is 0 Å². The molecule has 5 nitrogen and oxygen atoms in total. The minimum absolute atomic E-state index is 0.148. The maximum atomic E-state index is 10.9. The van der Waals surface area contributed by atoms with Crippen LogP contribution >= 0.6 is 0 Å². The molecule has 0 aliphatic rings. The third-order valence-corrected chi connectivity index (χ3v) is 3.20. The van der Waals surface area contributed by atoms with Crippen LogP contribution in [0.2, 0.25) is 0 Å². The van der Waals surface area contributed by atoms with E-state index in [-0.39, 0.29) is 5.75 Å². The third-order valence-electron chi connectivity index (χ3n) is 2.26. The van der Waals surface area contributed by atoms with Gasteiger partial charge in [0.25, 0.3) is 0 Å². The van der Waals surface area contributed by atoms with Gasteiger partial charge in [0.2, 0.25) is 0 Å². The van der Waals surface area contributed by atoms with Gasteiger partial charge < -0.3 is 14.8 Å². The lowest BCUT2D eigenvalue weighted by molar-refractivity contribution is 0.314. The smallest absolute Gasteiger partial charge is 0.148 e. The molecule has 1 rings (SSSR count). The fourth-order valence-electron chi connectivity index (χ4n) is 1.30. The molecular weight excluding hydrogens is 254 g/mol. The second-order valence-electron chi connectivity index (χ2n) is 3.90. The molecule has 1 aromatic rings. The van der Waals surface area contributed by atoms with E-state index in [1.54, 1.807) is 7.11 Å². The van der Waals surface area contributed by atoms with Gasteiger partial charge in [-0.15, -0.1) is 0 Å². The van der Waals surface area contributed by atoms with Crippen molar-refractivity contribution in [1.29, 1.82) is 0 Å². The van der Waals surface area contributed by atoms with Crippen molar-refractivity contribution in [2.45, 2.75) is 0 Å². The summed E-state index contributed by atoms with van der Waals surface area (Å²) < 4.78 is 32.2. The third kappa shape index (κ3) is 6.46. The van der Waals surface area contributed by atoms with E-state index in [0.717, 1.165) is 11.5 Å². The molecule has 0 radical (unpaired) electrons. The first-order valence-electron chi connectivity index (χ1n) is 5.66. The van der Waals surface area contributed by atoms with Crippen molar-refractivity contribution in [3.8, 4) is 11.5 Å². The molecule has 0 heterocycles. The minimum atomic E-state index is -2.89. The normalized spacial score (nSPS) is 11.2. The standard InChI is InChI=1S/C12H19NO4S/c1-16-11-3-5-12(6-4-11)17-9-7-13-8-10-18(2,14)15/h3-6,13H,7-10H2,1-2H3. The number of rotatable bonds is 8. The Labute approximate surface area is 108 Å². The molecule has 0 unspecified atom stereocenters. The fraction of sp³-hybridized carbons (Fsp3) is 0.500. The quantitative estimate of drug-likeness (QED) is 0.707. The number of hydrogen-bond acceptors (Lipinski definition) is 5. The fourth-order valence-corrected chi connectivity index (χ4v) is 1.81. The molecule has 0 fully saturated rings. The number of sulfone groups is 1. The number of nitrogens with one attached hydrogen (secondary N) is 1. The monoisotopic (exact) mass is 273 g/mol. The topological polar surface area (TPSA) is 64.6 Å². The van der Waals surface area contributed by atoms with E-state index in [2.05, 4.69) is 5.32 Å². The van der Waals surface area contributed by atoms with Gasteiger partial charge in [-0.2, -0.15) is 0 Å². The van der Waals surface area contributed by atoms with Crippen LogP contribution < -0.4 is 14.8 Å². The zero-order chi connectivity index (χ0) is 13.4. The molecule has 0 bridgehead atoms. The van der Waals surface area contributed by atoms with E-state index in [9.17, 15) is 8.42 Å². The van der Waals surface area contributed by atoms with Crippen molar-refractivity contribution in [3.63, 3.8) is 0 Å². The summed E-state index contributed by atoms with van der Waals surface area (Å²) in [6.07, 6.45) is 1.22. The van der Waals surface area contributed by atoms with Crippen LogP contribution in [0.4, 0.5) is 0 Å². The summed E-state index contributed by atoms with van der Waals surface area (Å²) in [5, 5.41) is 3.01. The summed E-state index contributed by atoms with van der Waals surface area (Å²) in [6.45, 7) is 1.56. The Morgan fingerprint density at radius 1 is 1.11 bits per heavy atom. The largest absolute Gasteiger partial charge is 0.497 e. The molecule has 1 aromatic carbocycles. The molecule has 0 saturated heterocycles. The highest BCUT2D eigenvalue weighted by Gasteiger charge is 2.00. The summed E-state index contributed by atoms with van der Waals surface area (Å²) in [7, 11) is -1.28. The molecule has 18 heavy (non-hydrogen) atoms. The predicted octanol–water partition coefficient (Wildman–Crippen LogP) is 0.708. The van der Waals surface area contributed by atoms with Gasteiger partial charge in [-0.1, -0.05) is 0 Å². The lowest BCUT2D eigenvalue weighted by Crippen LogP contribution is -2.26. The van der Waals surface area contributed by atoms with E-state index in [1.807, 2.05) is 24.3 Å². The zero-order valence-electron chi connectivity index (χ0n) is 10.7. The summed E-state index contributed by atoms with van der Waals surface area (Å²) in [5.74, 6) is 1.70. The van der Waals surface area contributed by atoms with E-state index >= 15 is 0 Å². The van der Waals surface area contributed by atoms with Crippen LogP contribution in [-0.2, 0) is 9.84 Å². The Balaban J connectivity index is 2.14. The molecule has 0 aromatic heterocycles. The second-order valence-corrected chi connectivity index (χ2v) is 6.16. The van der Waals surface area contributed by atoms with Crippen molar-refractivity contribution in [2.75, 3.05) is 38.8 Å². The van der Waals surface area contributed by atoms with E-state index in [1.165, 1.54) is 6.26 Å². The van der Waals surface area contributed by atoms with Crippen LogP contribution in [0.3, 0.4) is 0 Å². The number of hydrogen-bond donors (Lipinski definition) is 1. The molecule has 0 aliphatic heterocycles. The van der Waals surface area contributed by atoms with Gasteiger partial charge in [-0.05, 0) is 24.3 Å². The Bertz CT molecular complexity index is 442. The second kappa shape index (κ2) is 7.23. The molecule has 6 heteroatoms. The predicted molar refractivity (Wildman–Crippen MR) is 71.1 cm³/mol. The molecular formula is C12H19NO4S. The Morgan fingerprint density at radius 3 is 2.28 bits per heavy atom. The number of ether oxygens (including phenoxy) is 2. The number of methoxy groups -OCH3 is 1. The first-order valence-corrected chi connectivity index (χ1v) is 7.72. The van der Waals surface area contributed by atoms with Crippen LogP contribution in [-0.4, -0.2) is 47.2 Å². The van der Waals surface area contributed by atoms with Gasteiger partial charge >= 0.3 is 0 Å². The molecule has 0 saturated carbocycles. The summed E-state index contributed by atoms with van der Waals surface area (Å²) in [4.78, 5) is 0. The van der Waals surface area contributed by atoms with Crippen LogP contribution in [0, 0.1) is 0 Å². The Morgan fingerprint density at radius 2 is 1.72 bits per heavy atom. The lowest BCUT2D eigenvalue weighted by atomic mass is 10.3. The summed E-state index contributed by atoms with van der Waals surface area (Å²) in [6, 6.07) is 7.31. The molecule has 1 N–H and O–H groups in total. The van der Waals surface area contributed by atoms with Gasteiger partial charge in [0.15, 0.2) is 0 Å². The van der Waals surface area contributed by atoms with Gasteiger partial charge in [0.1, 0.15) is 27.9 Å². The Kier molecular flexibility index (Phi) is 5.94. The first-order chi connectivity index (χ1) is 8.51. The zero-order valence-corrected chi connectivity index (χ0v) is 11.5. The average molecular weight is 273 g/mol. The Hall–Kier alpha value is -1.27. The van der Waals surface area contributed by atoms with Crippen molar-refractivity contribution >= 4 is 9.84 Å². The van der Waals surface area contributed by atoms with Crippen molar-refractivity contribution < 1.29 is 17.9 Å². The van der Waals surface area contributed by atoms with Gasteiger partial charge in [-0.3, -0.25) is 0 Å². The highest BCUT2D eigenvalue weighted by molar-refractivity contribution is 7.90. The average Bonchev–Trinajstić information content (AvgIpc) is 2.33. The van der Waals surface area contributed by atoms with Gasteiger partial charge in [-0.25, -0.2) is 8.42 Å². The molecule has 0 amide bonds. The van der Waals surface area contributed by atoms with E-state index < -0.39 is 9.84 Å². The first kappa shape index (κ1) is 14.8. The summed E-state index contributed by atoms with van der Waals surface area (Å²) in [5.41, 5.74) is 0. The van der Waals surface area contributed by atoms with Crippen LogP contribution in [0.5, 0.6) is 11.5 Å². The van der Waals surface area contributed by atoms with Gasteiger partial charge in [0, 0.05) is 19.3 Å². The molecule has 102 valence electrons. The molecule has 0 atom stereocenters. The number of benzene rings is 1. The van der Waals surface area contributed by atoms with Gasteiger partial charge in [0.05, 0.1) is 12.9 Å². The highest BCUT2D eigenvalue weighted by atomic mass is 32.2. The summed E-state index contributed by atoms with van der Waals surface area (Å²) >= 11 is 0. The van der Waals surface area contributed by atoms with E-state index in [0.29, 0.717) is 19.7 Å². The highest BCUT2D eigenvalue weighted by Crippen LogP contribution is 2.16.